The highest BCUT2D eigenvalue weighted by atomic mass is 35.5. The SMILES string of the molecule is O=C1C(c2ccccc2)=C(N2CCN(c3ccccc3)CC2)C(=O)N1c1cccc(Cl)c1. The van der Waals surface area contributed by atoms with E-state index < -0.39 is 0 Å². The van der Waals surface area contributed by atoms with Crippen LogP contribution < -0.4 is 9.80 Å². The summed E-state index contributed by atoms with van der Waals surface area (Å²) in [6, 6.07) is 26.5. The molecule has 5 rings (SSSR count). The van der Waals surface area contributed by atoms with Crippen molar-refractivity contribution >= 4 is 40.4 Å². The highest BCUT2D eigenvalue weighted by Crippen LogP contribution is 2.36. The molecular weight excluding hydrogens is 422 g/mol. The van der Waals surface area contributed by atoms with E-state index >= 15 is 0 Å². The van der Waals surface area contributed by atoms with Gasteiger partial charge < -0.3 is 9.80 Å². The van der Waals surface area contributed by atoms with Crippen LogP contribution in [0.1, 0.15) is 5.56 Å². The van der Waals surface area contributed by atoms with E-state index in [9.17, 15) is 9.59 Å². The summed E-state index contributed by atoms with van der Waals surface area (Å²) in [5, 5.41) is 0.481. The lowest BCUT2D eigenvalue weighted by Gasteiger charge is -2.37. The van der Waals surface area contributed by atoms with Crippen molar-refractivity contribution < 1.29 is 9.59 Å². The van der Waals surface area contributed by atoms with Gasteiger partial charge in [0.15, 0.2) is 0 Å². The van der Waals surface area contributed by atoms with Crippen LogP contribution in [0.15, 0.2) is 90.6 Å². The number of piperazine rings is 1. The summed E-state index contributed by atoms with van der Waals surface area (Å²) in [5.74, 6) is -0.617. The molecule has 160 valence electrons. The molecule has 2 heterocycles. The predicted molar refractivity (Wildman–Crippen MR) is 128 cm³/mol. The normalized spacial score (nSPS) is 16.8. The van der Waals surface area contributed by atoms with Crippen LogP contribution in [0.5, 0.6) is 0 Å². The van der Waals surface area contributed by atoms with Crippen LogP contribution >= 0.6 is 11.6 Å². The first-order chi connectivity index (χ1) is 15.6. The molecule has 0 aromatic heterocycles. The van der Waals surface area contributed by atoms with Gasteiger partial charge in [-0.2, -0.15) is 0 Å². The lowest BCUT2D eigenvalue weighted by Crippen LogP contribution is -2.47. The van der Waals surface area contributed by atoms with Gasteiger partial charge >= 0.3 is 0 Å². The number of halogens is 1. The van der Waals surface area contributed by atoms with E-state index in [4.69, 9.17) is 11.6 Å². The predicted octanol–water partition coefficient (Wildman–Crippen LogP) is 4.45. The van der Waals surface area contributed by atoms with Gasteiger partial charge in [0.25, 0.3) is 11.8 Å². The fourth-order valence-electron chi connectivity index (χ4n) is 4.35. The summed E-state index contributed by atoms with van der Waals surface area (Å²) in [4.78, 5) is 32.7. The van der Waals surface area contributed by atoms with Crippen LogP contribution in [0, 0.1) is 0 Å². The van der Waals surface area contributed by atoms with Crippen LogP contribution in [-0.4, -0.2) is 42.9 Å². The molecule has 6 heteroatoms. The minimum absolute atomic E-state index is 0.302. The summed E-state index contributed by atoms with van der Waals surface area (Å²) in [7, 11) is 0. The van der Waals surface area contributed by atoms with Crippen molar-refractivity contribution in [3.63, 3.8) is 0 Å². The third-order valence-electron chi connectivity index (χ3n) is 5.91. The Balaban J connectivity index is 1.50. The third-order valence-corrected chi connectivity index (χ3v) is 6.14. The number of rotatable bonds is 4. The van der Waals surface area contributed by atoms with Gasteiger partial charge in [-0.1, -0.05) is 66.2 Å². The smallest absolute Gasteiger partial charge is 0.282 e. The highest BCUT2D eigenvalue weighted by molar-refractivity contribution is 6.45. The average Bonchev–Trinajstić information content (AvgIpc) is 3.10. The van der Waals surface area contributed by atoms with E-state index in [1.807, 2.05) is 53.4 Å². The van der Waals surface area contributed by atoms with Gasteiger partial charge in [-0.05, 0) is 35.9 Å². The summed E-state index contributed by atoms with van der Waals surface area (Å²) in [6.07, 6.45) is 0. The Morgan fingerprint density at radius 1 is 0.625 bits per heavy atom. The van der Waals surface area contributed by atoms with E-state index in [1.54, 1.807) is 24.3 Å². The molecule has 32 heavy (non-hydrogen) atoms. The molecule has 0 radical (unpaired) electrons. The van der Waals surface area contributed by atoms with E-state index in [1.165, 1.54) is 10.6 Å². The van der Waals surface area contributed by atoms with Gasteiger partial charge in [0.1, 0.15) is 5.70 Å². The Kier molecular flexibility index (Phi) is 5.41. The van der Waals surface area contributed by atoms with Crippen molar-refractivity contribution in [1.82, 2.24) is 4.90 Å². The largest absolute Gasteiger partial charge is 0.368 e. The second kappa shape index (κ2) is 8.52. The molecule has 0 unspecified atom stereocenters. The Morgan fingerprint density at radius 2 is 1.22 bits per heavy atom. The fourth-order valence-corrected chi connectivity index (χ4v) is 4.54. The van der Waals surface area contributed by atoms with E-state index in [0.29, 0.717) is 35.1 Å². The van der Waals surface area contributed by atoms with Crippen LogP contribution in [0.4, 0.5) is 11.4 Å². The molecule has 0 atom stereocenters. The number of hydrogen-bond donors (Lipinski definition) is 0. The second-order valence-electron chi connectivity index (χ2n) is 7.82. The molecule has 0 bridgehead atoms. The summed E-state index contributed by atoms with van der Waals surface area (Å²) >= 11 is 6.15. The Morgan fingerprint density at radius 3 is 1.88 bits per heavy atom. The minimum Gasteiger partial charge on any atom is -0.368 e. The lowest BCUT2D eigenvalue weighted by molar-refractivity contribution is -0.120. The zero-order chi connectivity index (χ0) is 22.1. The van der Waals surface area contributed by atoms with Crippen molar-refractivity contribution in [1.29, 1.82) is 0 Å². The number of carbonyl (C=O) groups is 2. The maximum atomic E-state index is 13.6. The number of amides is 2. The van der Waals surface area contributed by atoms with E-state index in [-0.39, 0.29) is 11.8 Å². The number of carbonyl (C=O) groups excluding carboxylic acids is 2. The third kappa shape index (κ3) is 3.65. The van der Waals surface area contributed by atoms with E-state index in [0.717, 1.165) is 18.7 Å². The molecule has 2 amide bonds. The summed E-state index contributed by atoms with van der Waals surface area (Å²) in [6.45, 7) is 2.86. The number of nitrogens with zero attached hydrogens (tertiary/aromatic N) is 3. The van der Waals surface area contributed by atoms with Crippen molar-refractivity contribution in [3.05, 3.63) is 101 Å². The number of para-hydroxylation sites is 1. The molecule has 0 N–H and O–H groups in total. The molecule has 0 spiro atoms. The average molecular weight is 444 g/mol. The van der Waals surface area contributed by atoms with E-state index in [2.05, 4.69) is 17.0 Å². The zero-order valence-electron chi connectivity index (χ0n) is 17.4. The first-order valence-electron chi connectivity index (χ1n) is 10.6. The van der Waals surface area contributed by atoms with Crippen molar-refractivity contribution in [2.45, 2.75) is 0 Å². The molecule has 1 saturated heterocycles. The quantitative estimate of drug-likeness (QED) is 0.559. The molecule has 2 aliphatic heterocycles. The maximum absolute atomic E-state index is 13.6. The Labute approximate surface area is 192 Å². The number of benzene rings is 3. The summed E-state index contributed by atoms with van der Waals surface area (Å²) in [5.41, 5.74) is 3.31. The first kappa shape index (κ1) is 20.3. The number of imide groups is 1. The Bertz CT molecular complexity index is 1190. The topological polar surface area (TPSA) is 43.9 Å². The molecule has 5 nitrogen and oxygen atoms in total. The maximum Gasteiger partial charge on any atom is 0.282 e. The first-order valence-corrected chi connectivity index (χ1v) is 11.0. The molecule has 3 aromatic rings. The van der Waals surface area contributed by atoms with Crippen LogP contribution in [0.2, 0.25) is 5.02 Å². The van der Waals surface area contributed by atoms with Gasteiger partial charge in [0.05, 0.1) is 11.3 Å². The van der Waals surface area contributed by atoms with Crippen LogP contribution in [0.3, 0.4) is 0 Å². The van der Waals surface area contributed by atoms with Crippen LogP contribution in [0.25, 0.3) is 5.57 Å². The van der Waals surface area contributed by atoms with Gasteiger partial charge in [-0.3, -0.25) is 9.59 Å². The molecule has 1 fully saturated rings. The van der Waals surface area contributed by atoms with Crippen molar-refractivity contribution in [2.24, 2.45) is 0 Å². The standard InChI is InChI=1S/C26H22ClN3O2/c27-20-10-7-13-22(18-20)30-25(31)23(19-8-3-1-4-9-19)24(26(30)32)29-16-14-28(15-17-29)21-11-5-2-6-12-21/h1-13,18H,14-17H2. The molecule has 0 saturated carbocycles. The second-order valence-corrected chi connectivity index (χ2v) is 8.26. The lowest BCUT2D eigenvalue weighted by atomic mass is 10.0. The molecular formula is C26H22ClN3O2. The molecule has 3 aromatic carbocycles. The Hall–Kier alpha value is -3.57. The minimum atomic E-state index is -0.316. The highest BCUT2D eigenvalue weighted by Gasteiger charge is 2.43. The van der Waals surface area contributed by atoms with Gasteiger partial charge in [-0.15, -0.1) is 0 Å². The molecule has 2 aliphatic rings. The van der Waals surface area contributed by atoms with Gasteiger partial charge in [0, 0.05) is 36.9 Å². The van der Waals surface area contributed by atoms with Crippen molar-refractivity contribution in [2.75, 3.05) is 36.0 Å². The zero-order valence-corrected chi connectivity index (χ0v) is 18.2. The monoisotopic (exact) mass is 443 g/mol. The van der Waals surface area contributed by atoms with Crippen LogP contribution in [-0.2, 0) is 9.59 Å². The van der Waals surface area contributed by atoms with Crippen molar-refractivity contribution in [3.8, 4) is 0 Å². The van der Waals surface area contributed by atoms with Gasteiger partial charge in [-0.25, -0.2) is 4.90 Å². The molecule has 0 aliphatic carbocycles. The van der Waals surface area contributed by atoms with Gasteiger partial charge in [0.2, 0.25) is 0 Å². The fraction of sp³-hybridized carbons (Fsp3) is 0.154. The number of hydrogen-bond acceptors (Lipinski definition) is 4. The number of anilines is 2. The summed E-state index contributed by atoms with van der Waals surface area (Å²) < 4.78 is 0.